The van der Waals surface area contributed by atoms with Crippen LogP contribution in [0.25, 0.3) is 0 Å². The SMILES string of the molecule is CC(NC(=O)c1ccccc1NC(=O)c1ccccc1)c1ccc(S(C)(=O)=O)cc1. The molecule has 0 heterocycles. The molecule has 154 valence electrons. The highest BCUT2D eigenvalue weighted by atomic mass is 32.2. The first-order valence-electron chi connectivity index (χ1n) is 9.32. The molecule has 3 rings (SSSR count). The molecule has 6 nitrogen and oxygen atoms in total. The van der Waals surface area contributed by atoms with Gasteiger partial charge in [0.05, 0.1) is 22.2 Å². The largest absolute Gasteiger partial charge is 0.345 e. The number of sulfone groups is 1. The summed E-state index contributed by atoms with van der Waals surface area (Å²) in [5.74, 6) is -0.654. The van der Waals surface area contributed by atoms with Crippen molar-refractivity contribution in [1.82, 2.24) is 5.32 Å². The van der Waals surface area contributed by atoms with E-state index >= 15 is 0 Å². The van der Waals surface area contributed by atoms with Crippen LogP contribution in [0.4, 0.5) is 5.69 Å². The average molecular weight is 423 g/mol. The smallest absolute Gasteiger partial charge is 0.255 e. The van der Waals surface area contributed by atoms with Crippen LogP contribution in [-0.4, -0.2) is 26.5 Å². The summed E-state index contributed by atoms with van der Waals surface area (Å²) in [4.78, 5) is 25.5. The minimum Gasteiger partial charge on any atom is -0.345 e. The zero-order chi connectivity index (χ0) is 21.7. The van der Waals surface area contributed by atoms with Crippen molar-refractivity contribution in [3.8, 4) is 0 Å². The minimum atomic E-state index is -3.28. The lowest BCUT2D eigenvalue weighted by Gasteiger charge is -2.17. The van der Waals surface area contributed by atoms with Gasteiger partial charge in [0.1, 0.15) is 0 Å². The summed E-state index contributed by atoms with van der Waals surface area (Å²) >= 11 is 0. The molecule has 2 N–H and O–H groups in total. The third-order valence-electron chi connectivity index (χ3n) is 4.61. The molecule has 1 unspecified atom stereocenters. The van der Waals surface area contributed by atoms with Crippen molar-refractivity contribution in [3.05, 3.63) is 95.6 Å². The van der Waals surface area contributed by atoms with Gasteiger partial charge in [-0.3, -0.25) is 9.59 Å². The van der Waals surface area contributed by atoms with Gasteiger partial charge in [0, 0.05) is 11.8 Å². The number of carbonyl (C=O) groups is 2. The Morgan fingerprint density at radius 3 is 2.03 bits per heavy atom. The van der Waals surface area contributed by atoms with E-state index in [2.05, 4.69) is 10.6 Å². The van der Waals surface area contributed by atoms with Gasteiger partial charge in [0.15, 0.2) is 9.84 Å². The van der Waals surface area contributed by atoms with Gasteiger partial charge in [0.25, 0.3) is 11.8 Å². The fourth-order valence-electron chi connectivity index (χ4n) is 2.94. The Labute approximate surface area is 175 Å². The molecular formula is C23H22N2O4S. The molecule has 1 atom stereocenters. The van der Waals surface area contributed by atoms with Gasteiger partial charge < -0.3 is 10.6 Å². The van der Waals surface area contributed by atoms with E-state index in [0.717, 1.165) is 11.8 Å². The zero-order valence-electron chi connectivity index (χ0n) is 16.6. The normalized spacial score (nSPS) is 12.1. The third kappa shape index (κ3) is 5.12. The van der Waals surface area contributed by atoms with Crippen LogP contribution < -0.4 is 10.6 Å². The molecule has 0 aliphatic heterocycles. The Hall–Kier alpha value is -3.45. The number of rotatable bonds is 6. The summed E-state index contributed by atoms with van der Waals surface area (Å²) in [6.45, 7) is 1.80. The topological polar surface area (TPSA) is 92.3 Å². The van der Waals surface area contributed by atoms with Crippen LogP contribution in [0.2, 0.25) is 0 Å². The number of hydrogen-bond acceptors (Lipinski definition) is 4. The first-order chi connectivity index (χ1) is 14.3. The average Bonchev–Trinajstić information content (AvgIpc) is 2.74. The van der Waals surface area contributed by atoms with E-state index < -0.39 is 9.84 Å². The number of carbonyl (C=O) groups excluding carboxylic acids is 2. The number of nitrogens with one attached hydrogen (secondary N) is 2. The van der Waals surface area contributed by atoms with Crippen LogP contribution in [0.3, 0.4) is 0 Å². The van der Waals surface area contributed by atoms with E-state index in [-0.39, 0.29) is 22.8 Å². The van der Waals surface area contributed by atoms with Crippen molar-refractivity contribution in [2.75, 3.05) is 11.6 Å². The Morgan fingerprint density at radius 1 is 0.800 bits per heavy atom. The van der Waals surface area contributed by atoms with Gasteiger partial charge in [-0.1, -0.05) is 42.5 Å². The lowest BCUT2D eigenvalue weighted by atomic mass is 10.1. The Bertz CT molecular complexity index is 1160. The van der Waals surface area contributed by atoms with Crippen molar-refractivity contribution < 1.29 is 18.0 Å². The molecule has 2 amide bonds. The second kappa shape index (κ2) is 8.92. The van der Waals surface area contributed by atoms with Gasteiger partial charge in [-0.2, -0.15) is 0 Å². The summed E-state index contributed by atoms with van der Waals surface area (Å²) in [5, 5.41) is 5.66. The molecule has 3 aromatic carbocycles. The molecule has 0 aliphatic carbocycles. The quantitative estimate of drug-likeness (QED) is 0.631. The van der Waals surface area contributed by atoms with Crippen LogP contribution in [0.5, 0.6) is 0 Å². The first kappa shape index (κ1) is 21.3. The molecular weight excluding hydrogens is 400 g/mol. The summed E-state index contributed by atoms with van der Waals surface area (Å²) in [6.07, 6.45) is 1.15. The van der Waals surface area contributed by atoms with Gasteiger partial charge in [-0.05, 0) is 48.9 Å². The number of amides is 2. The standard InChI is InChI=1S/C23H22N2O4S/c1-16(17-12-14-19(15-13-17)30(2,28)29)24-23(27)20-10-6-7-11-21(20)25-22(26)18-8-4-3-5-9-18/h3-16H,1-2H3,(H,24,27)(H,25,26). The highest BCUT2D eigenvalue weighted by Crippen LogP contribution is 2.20. The Balaban J connectivity index is 1.75. The number of benzene rings is 3. The van der Waals surface area contributed by atoms with Crippen LogP contribution >= 0.6 is 0 Å². The van der Waals surface area contributed by atoms with Crippen LogP contribution in [-0.2, 0) is 9.84 Å². The van der Waals surface area contributed by atoms with Crippen molar-refractivity contribution >= 4 is 27.3 Å². The highest BCUT2D eigenvalue weighted by Gasteiger charge is 2.17. The summed E-state index contributed by atoms with van der Waals surface area (Å²) in [7, 11) is -3.28. The number of hydrogen-bond donors (Lipinski definition) is 2. The predicted molar refractivity (Wildman–Crippen MR) is 116 cm³/mol. The van der Waals surface area contributed by atoms with E-state index in [1.165, 1.54) is 12.1 Å². The van der Waals surface area contributed by atoms with Crippen LogP contribution in [0.1, 0.15) is 39.2 Å². The molecule has 0 saturated heterocycles. The number of para-hydroxylation sites is 1. The molecule has 7 heteroatoms. The molecule has 3 aromatic rings. The van der Waals surface area contributed by atoms with Gasteiger partial charge in [-0.25, -0.2) is 8.42 Å². The van der Waals surface area contributed by atoms with Crippen molar-refractivity contribution in [2.24, 2.45) is 0 Å². The van der Waals surface area contributed by atoms with E-state index in [0.29, 0.717) is 16.8 Å². The van der Waals surface area contributed by atoms with Crippen molar-refractivity contribution in [1.29, 1.82) is 0 Å². The van der Waals surface area contributed by atoms with Crippen molar-refractivity contribution in [2.45, 2.75) is 17.9 Å². The molecule has 0 radical (unpaired) electrons. The predicted octanol–water partition coefficient (Wildman–Crippen LogP) is 3.83. The maximum Gasteiger partial charge on any atom is 0.255 e. The molecule has 30 heavy (non-hydrogen) atoms. The van der Waals surface area contributed by atoms with E-state index in [1.54, 1.807) is 67.6 Å². The first-order valence-corrected chi connectivity index (χ1v) is 11.2. The second-order valence-electron chi connectivity index (χ2n) is 6.90. The lowest BCUT2D eigenvalue weighted by molar-refractivity contribution is 0.0940. The van der Waals surface area contributed by atoms with Crippen molar-refractivity contribution in [3.63, 3.8) is 0 Å². The number of anilines is 1. The molecule has 0 aliphatic rings. The molecule has 0 aromatic heterocycles. The lowest BCUT2D eigenvalue weighted by Crippen LogP contribution is -2.28. The Kier molecular flexibility index (Phi) is 6.32. The summed E-state index contributed by atoms with van der Waals surface area (Å²) in [6, 6.07) is 21.5. The summed E-state index contributed by atoms with van der Waals surface area (Å²) in [5.41, 5.74) is 2.00. The fraction of sp³-hybridized carbons (Fsp3) is 0.130. The monoisotopic (exact) mass is 422 g/mol. The van der Waals surface area contributed by atoms with E-state index in [9.17, 15) is 18.0 Å². The zero-order valence-corrected chi connectivity index (χ0v) is 17.4. The molecule has 0 bridgehead atoms. The molecule has 0 saturated carbocycles. The molecule has 0 fully saturated rings. The van der Waals surface area contributed by atoms with Gasteiger partial charge in [0.2, 0.25) is 0 Å². The molecule has 0 spiro atoms. The third-order valence-corrected chi connectivity index (χ3v) is 5.74. The van der Waals surface area contributed by atoms with E-state index in [4.69, 9.17) is 0 Å². The highest BCUT2D eigenvalue weighted by molar-refractivity contribution is 7.90. The fourth-order valence-corrected chi connectivity index (χ4v) is 3.57. The van der Waals surface area contributed by atoms with Crippen LogP contribution in [0, 0.1) is 0 Å². The minimum absolute atomic E-state index is 0.221. The summed E-state index contributed by atoms with van der Waals surface area (Å²) < 4.78 is 23.2. The van der Waals surface area contributed by atoms with Gasteiger partial charge in [-0.15, -0.1) is 0 Å². The van der Waals surface area contributed by atoms with E-state index in [1.807, 2.05) is 6.07 Å². The second-order valence-corrected chi connectivity index (χ2v) is 8.92. The maximum atomic E-state index is 12.8. The van der Waals surface area contributed by atoms with Crippen LogP contribution in [0.15, 0.2) is 83.8 Å². The van der Waals surface area contributed by atoms with Gasteiger partial charge >= 0.3 is 0 Å². The maximum absolute atomic E-state index is 12.8. The Morgan fingerprint density at radius 2 is 1.40 bits per heavy atom.